The number of ether oxygens (including phenoxy) is 1. The van der Waals surface area contributed by atoms with Crippen LogP contribution in [0.1, 0.15) is 34.2 Å². The molecule has 2 heterocycles. The Morgan fingerprint density at radius 1 is 1.24 bits per heavy atom. The number of aromatic nitrogens is 2. The molecule has 2 aromatic heterocycles. The van der Waals surface area contributed by atoms with E-state index in [-0.39, 0.29) is 5.97 Å². The molecule has 21 heavy (non-hydrogen) atoms. The van der Waals surface area contributed by atoms with E-state index in [4.69, 9.17) is 0 Å². The minimum Gasteiger partial charge on any atom is -0.465 e. The van der Waals surface area contributed by atoms with Gasteiger partial charge in [-0.2, -0.15) is 0 Å². The Labute approximate surface area is 124 Å². The van der Waals surface area contributed by atoms with Crippen LogP contribution in [0.25, 0.3) is 0 Å². The molecule has 0 atom stereocenters. The molecule has 0 aliphatic heterocycles. The first-order valence-corrected chi connectivity index (χ1v) is 6.91. The molecule has 0 bridgehead atoms. The van der Waals surface area contributed by atoms with Crippen LogP contribution in [0, 0.1) is 0 Å². The van der Waals surface area contributed by atoms with Crippen molar-refractivity contribution in [3.05, 3.63) is 59.2 Å². The molecule has 0 unspecified atom stereocenters. The van der Waals surface area contributed by atoms with Gasteiger partial charge in [0.1, 0.15) is 0 Å². The minimum atomic E-state index is -0.372. The Morgan fingerprint density at radius 3 is 2.76 bits per heavy atom. The summed E-state index contributed by atoms with van der Waals surface area (Å²) in [5.74, 6) is -0.372. The molecule has 2 aromatic rings. The van der Waals surface area contributed by atoms with Gasteiger partial charge in [0.05, 0.1) is 24.1 Å². The standard InChI is InChI=1S/C16H19N3O2/c1-3-12-5-4-8-18-15(12)11-17-10-14-7-6-13(9-19-14)16(20)21-2/h4-9,17H,3,10-11H2,1-2H3. The van der Waals surface area contributed by atoms with E-state index < -0.39 is 0 Å². The van der Waals surface area contributed by atoms with Crippen LogP contribution in [0.2, 0.25) is 0 Å². The number of esters is 1. The SMILES string of the molecule is CCc1cccnc1CNCc1ccc(C(=O)OC)cn1. The maximum absolute atomic E-state index is 11.3. The van der Waals surface area contributed by atoms with Gasteiger partial charge in [-0.1, -0.05) is 13.0 Å². The highest BCUT2D eigenvalue weighted by Gasteiger charge is 2.05. The molecule has 0 radical (unpaired) electrons. The van der Waals surface area contributed by atoms with E-state index in [1.165, 1.54) is 18.9 Å². The summed E-state index contributed by atoms with van der Waals surface area (Å²) < 4.78 is 4.64. The molecular formula is C16H19N3O2. The van der Waals surface area contributed by atoms with Gasteiger partial charge >= 0.3 is 5.97 Å². The summed E-state index contributed by atoms with van der Waals surface area (Å²) in [5, 5.41) is 3.31. The summed E-state index contributed by atoms with van der Waals surface area (Å²) in [7, 11) is 1.36. The van der Waals surface area contributed by atoms with Crippen LogP contribution in [0.4, 0.5) is 0 Å². The first-order chi connectivity index (χ1) is 10.2. The average molecular weight is 285 g/mol. The maximum atomic E-state index is 11.3. The number of methoxy groups -OCH3 is 1. The smallest absolute Gasteiger partial charge is 0.339 e. The second-order valence-electron chi connectivity index (χ2n) is 4.60. The molecule has 0 spiro atoms. The van der Waals surface area contributed by atoms with Crippen molar-refractivity contribution >= 4 is 5.97 Å². The van der Waals surface area contributed by atoms with Crippen LogP contribution >= 0.6 is 0 Å². The summed E-state index contributed by atoms with van der Waals surface area (Å²) in [6, 6.07) is 7.58. The van der Waals surface area contributed by atoms with Crippen molar-refractivity contribution in [1.29, 1.82) is 0 Å². The number of nitrogens with one attached hydrogen (secondary N) is 1. The molecule has 2 rings (SSSR count). The Morgan fingerprint density at radius 2 is 2.10 bits per heavy atom. The van der Waals surface area contributed by atoms with E-state index in [1.807, 2.05) is 12.1 Å². The van der Waals surface area contributed by atoms with E-state index in [9.17, 15) is 4.79 Å². The van der Waals surface area contributed by atoms with Gasteiger partial charge in [0, 0.05) is 25.5 Å². The molecule has 0 saturated heterocycles. The lowest BCUT2D eigenvalue weighted by Gasteiger charge is -2.08. The molecule has 0 amide bonds. The molecule has 1 N–H and O–H groups in total. The lowest BCUT2D eigenvalue weighted by atomic mass is 10.1. The fourth-order valence-corrected chi connectivity index (χ4v) is 2.03. The fourth-order valence-electron chi connectivity index (χ4n) is 2.03. The van der Waals surface area contributed by atoms with Crippen molar-refractivity contribution in [2.24, 2.45) is 0 Å². The molecule has 0 aliphatic carbocycles. The molecule has 0 saturated carbocycles. The molecule has 0 fully saturated rings. The zero-order valence-corrected chi connectivity index (χ0v) is 12.3. The Hall–Kier alpha value is -2.27. The summed E-state index contributed by atoms with van der Waals surface area (Å²) in [6.07, 6.45) is 4.30. The number of carbonyl (C=O) groups excluding carboxylic acids is 1. The highest BCUT2D eigenvalue weighted by Crippen LogP contribution is 2.06. The zero-order chi connectivity index (χ0) is 15.1. The predicted molar refractivity (Wildman–Crippen MR) is 79.7 cm³/mol. The van der Waals surface area contributed by atoms with Gasteiger partial charge in [0.25, 0.3) is 0 Å². The highest BCUT2D eigenvalue weighted by molar-refractivity contribution is 5.88. The van der Waals surface area contributed by atoms with Gasteiger partial charge in [0.2, 0.25) is 0 Å². The van der Waals surface area contributed by atoms with Crippen LogP contribution < -0.4 is 5.32 Å². The second kappa shape index (κ2) is 7.50. The first-order valence-electron chi connectivity index (χ1n) is 6.91. The van der Waals surface area contributed by atoms with E-state index in [0.717, 1.165) is 17.8 Å². The predicted octanol–water partition coefficient (Wildman–Crippen LogP) is 2.12. The van der Waals surface area contributed by atoms with E-state index in [2.05, 4.69) is 33.0 Å². The lowest BCUT2D eigenvalue weighted by Crippen LogP contribution is -2.16. The van der Waals surface area contributed by atoms with Gasteiger partial charge in [0.15, 0.2) is 0 Å². The second-order valence-corrected chi connectivity index (χ2v) is 4.60. The number of hydrogen-bond acceptors (Lipinski definition) is 5. The molecule has 5 heteroatoms. The van der Waals surface area contributed by atoms with E-state index in [0.29, 0.717) is 18.7 Å². The lowest BCUT2D eigenvalue weighted by molar-refractivity contribution is 0.0600. The normalized spacial score (nSPS) is 10.4. The summed E-state index contributed by atoms with van der Waals surface area (Å²) in [5.41, 5.74) is 3.64. The third kappa shape index (κ3) is 4.10. The van der Waals surface area contributed by atoms with Gasteiger partial charge in [-0.15, -0.1) is 0 Å². The first kappa shape index (κ1) is 15.1. The van der Waals surface area contributed by atoms with Crippen LogP contribution in [0.5, 0.6) is 0 Å². The van der Waals surface area contributed by atoms with E-state index in [1.54, 1.807) is 12.3 Å². The molecule has 0 aliphatic rings. The van der Waals surface area contributed by atoms with Gasteiger partial charge in [-0.3, -0.25) is 9.97 Å². The largest absolute Gasteiger partial charge is 0.465 e. The maximum Gasteiger partial charge on any atom is 0.339 e. The Kier molecular flexibility index (Phi) is 5.40. The molecular weight excluding hydrogens is 266 g/mol. The highest BCUT2D eigenvalue weighted by atomic mass is 16.5. The van der Waals surface area contributed by atoms with Crippen LogP contribution in [0.3, 0.4) is 0 Å². The zero-order valence-electron chi connectivity index (χ0n) is 12.3. The fraction of sp³-hybridized carbons (Fsp3) is 0.312. The Balaban J connectivity index is 1.90. The summed E-state index contributed by atoms with van der Waals surface area (Å²) in [4.78, 5) is 19.9. The monoisotopic (exact) mass is 285 g/mol. The van der Waals surface area contributed by atoms with Crippen LogP contribution in [-0.2, 0) is 24.2 Å². The minimum absolute atomic E-state index is 0.372. The number of carbonyl (C=O) groups is 1. The number of rotatable bonds is 6. The summed E-state index contributed by atoms with van der Waals surface area (Å²) in [6.45, 7) is 3.44. The van der Waals surface area contributed by atoms with Crippen LogP contribution in [0.15, 0.2) is 36.7 Å². The van der Waals surface area contributed by atoms with Crippen molar-refractivity contribution in [3.63, 3.8) is 0 Å². The molecule has 110 valence electrons. The number of nitrogens with zero attached hydrogens (tertiary/aromatic N) is 2. The third-order valence-corrected chi connectivity index (χ3v) is 3.21. The average Bonchev–Trinajstić information content (AvgIpc) is 2.55. The van der Waals surface area contributed by atoms with Crippen LogP contribution in [-0.4, -0.2) is 23.0 Å². The van der Waals surface area contributed by atoms with E-state index >= 15 is 0 Å². The van der Waals surface area contributed by atoms with Gasteiger partial charge in [-0.05, 0) is 30.2 Å². The van der Waals surface area contributed by atoms with Crippen molar-refractivity contribution < 1.29 is 9.53 Å². The molecule has 0 aromatic carbocycles. The number of pyridine rings is 2. The number of aryl methyl sites for hydroxylation is 1. The quantitative estimate of drug-likeness (QED) is 0.824. The van der Waals surface area contributed by atoms with Crippen molar-refractivity contribution in [3.8, 4) is 0 Å². The topological polar surface area (TPSA) is 64.1 Å². The third-order valence-electron chi connectivity index (χ3n) is 3.21. The number of hydrogen-bond donors (Lipinski definition) is 1. The van der Waals surface area contributed by atoms with Crippen molar-refractivity contribution in [2.75, 3.05) is 7.11 Å². The molecule has 5 nitrogen and oxygen atoms in total. The van der Waals surface area contributed by atoms with Gasteiger partial charge < -0.3 is 10.1 Å². The van der Waals surface area contributed by atoms with Crippen molar-refractivity contribution in [2.45, 2.75) is 26.4 Å². The van der Waals surface area contributed by atoms with Crippen molar-refractivity contribution in [1.82, 2.24) is 15.3 Å². The van der Waals surface area contributed by atoms with Gasteiger partial charge in [-0.25, -0.2) is 4.79 Å². The summed E-state index contributed by atoms with van der Waals surface area (Å²) >= 11 is 0. The Bertz CT molecular complexity index is 597.